The van der Waals surface area contributed by atoms with Gasteiger partial charge in [0.05, 0.1) is 23.9 Å². The third kappa shape index (κ3) is 3.11. The van der Waals surface area contributed by atoms with Gasteiger partial charge in [0.1, 0.15) is 12.4 Å². The summed E-state index contributed by atoms with van der Waals surface area (Å²) in [5.74, 6) is 0.576. The van der Waals surface area contributed by atoms with Crippen LogP contribution in [0.1, 0.15) is 6.42 Å². The van der Waals surface area contributed by atoms with E-state index in [9.17, 15) is 9.59 Å². The monoisotopic (exact) mass is 321 g/mol. The number of amides is 2. The first-order chi connectivity index (χ1) is 10.7. The molecule has 1 saturated heterocycles. The quantitative estimate of drug-likeness (QED) is 0.912. The number of nitrogens with zero attached hydrogens (tertiary/aromatic N) is 2. The molecule has 116 valence electrons. The van der Waals surface area contributed by atoms with Gasteiger partial charge in [-0.1, -0.05) is 11.3 Å². The second kappa shape index (κ2) is 6.18. The largest absolute Gasteiger partial charge is 0.497 e. The van der Waals surface area contributed by atoms with E-state index in [1.807, 2.05) is 18.2 Å². The summed E-state index contributed by atoms with van der Waals surface area (Å²) in [5.41, 5.74) is 0.809. The summed E-state index contributed by atoms with van der Waals surface area (Å²) in [6, 6.07) is 5.55. The van der Waals surface area contributed by atoms with Gasteiger partial charge in [-0.05, 0) is 18.2 Å². The molecule has 1 fully saturated rings. The van der Waals surface area contributed by atoms with Crippen LogP contribution in [0.15, 0.2) is 18.2 Å². The van der Waals surface area contributed by atoms with Crippen molar-refractivity contribution in [2.75, 3.05) is 32.1 Å². The predicted molar refractivity (Wildman–Crippen MR) is 82.3 cm³/mol. The summed E-state index contributed by atoms with van der Waals surface area (Å²) in [4.78, 5) is 29.1. The van der Waals surface area contributed by atoms with Crippen molar-refractivity contribution in [3.8, 4) is 5.75 Å². The molecule has 0 atom stereocenters. The molecule has 2 aromatic rings. The zero-order valence-corrected chi connectivity index (χ0v) is 12.8. The molecule has 7 nitrogen and oxygen atoms in total. The molecule has 1 aliphatic heterocycles. The Hall–Kier alpha value is -2.35. The van der Waals surface area contributed by atoms with Crippen molar-refractivity contribution in [3.63, 3.8) is 0 Å². The van der Waals surface area contributed by atoms with Crippen molar-refractivity contribution in [1.82, 2.24) is 9.88 Å². The third-order valence-electron chi connectivity index (χ3n) is 3.30. The van der Waals surface area contributed by atoms with Gasteiger partial charge in [-0.2, -0.15) is 0 Å². The average molecular weight is 321 g/mol. The molecule has 0 saturated carbocycles. The molecule has 1 N–H and O–H groups in total. The Morgan fingerprint density at radius 3 is 3.14 bits per heavy atom. The second-order valence-corrected chi connectivity index (χ2v) is 5.78. The molecule has 0 radical (unpaired) electrons. The van der Waals surface area contributed by atoms with E-state index in [0.717, 1.165) is 16.0 Å². The maximum Gasteiger partial charge on any atom is 0.409 e. The highest BCUT2D eigenvalue weighted by Crippen LogP contribution is 2.29. The Bertz CT molecular complexity index is 715. The zero-order chi connectivity index (χ0) is 15.5. The number of thiazole rings is 1. The van der Waals surface area contributed by atoms with Crippen molar-refractivity contribution in [2.24, 2.45) is 0 Å². The van der Waals surface area contributed by atoms with E-state index in [1.54, 1.807) is 7.11 Å². The molecule has 2 heterocycles. The van der Waals surface area contributed by atoms with E-state index < -0.39 is 0 Å². The van der Waals surface area contributed by atoms with Gasteiger partial charge in [-0.25, -0.2) is 9.78 Å². The summed E-state index contributed by atoms with van der Waals surface area (Å²) in [5, 5.41) is 3.30. The van der Waals surface area contributed by atoms with Gasteiger partial charge in [0.25, 0.3) is 0 Å². The lowest BCUT2D eigenvalue weighted by Gasteiger charge is -2.11. The number of benzene rings is 1. The first-order valence-corrected chi connectivity index (χ1v) is 7.63. The summed E-state index contributed by atoms with van der Waals surface area (Å²) < 4.78 is 10.9. The number of carbonyl (C=O) groups excluding carboxylic acids is 2. The molecule has 0 spiro atoms. The molecular weight excluding hydrogens is 306 g/mol. The van der Waals surface area contributed by atoms with E-state index in [-0.39, 0.29) is 18.4 Å². The number of nitrogens with one attached hydrogen (secondary N) is 1. The van der Waals surface area contributed by atoms with E-state index in [0.29, 0.717) is 24.8 Å². The molecule has 0 bridgehead atoms. The smallest absolute Gasteiger partial charge is 0.409 e. The number of rotatable bonds is 5. The molecule has 0 aliphatic carbocycles. The first kappa shape index (κ1) is 14.6. The summed E-state index contributed by atoms with van der Waals surface area (Å²) in [6.45, 7) is 1.27. The van der Waals surface area contributed by atoms with Crippen LogP contribution in [0, 0.1) is 0 Å². The van der Waals surface area contributed by atoms with Crippen LogP contribution < -0.4 is 10.1 Å². The first-order valence-electron chi connectivity index (χ1n) is 6.82. The standard InChI is InChI=1S/C14H15N3O4S/c1-20-9-2-3-10-11(8-9)22-13(15-10)16-12(18)4-5-17-6-7-21-14(17)19/h2-3,8H,4-7H2,1H3,(H,15,16,18). The molecule has 1 aromatic carbocycles. The van der Waals surface area contributed by atoms with Crippen LogP contribution in [0.3, 0.4) is 0 Å². The number of aromatic nitrogens is 1. The van der Waals surface area contributed by atoms with Crippen molar-refractivity contribution in [2.45, 2.75) is 6.42 Å². The highest BCUT2D eigenvalue weighted by atomic mass is 32.1. The third-order valence-corrected chi connectivity index (χ3v) is 4.23. The van der Waals surface area contributed by atoms with Crippen LogP contribution in [0.2, 0.25) is 0 Å². The number of anilines is 1. The summed E-state index contributed by atoms with van der Waals surface area (Å²) in [6.07, 6.45) is -0.145. The maximum atomic E-state index is 11.9. The minimum atomic E-state index is -0.361. The fraction of sp³-hybridized carbons (Fsp3) is 0.357. The lowest BCUT2D eigenvalue weighted by Crippen LogP contribution is -2.28. The zero-order valence-electron chi connectivity index (χ0n) is 12.0. The number of cyclic esters (lactones) is 1. The van der Waals surface area contributed by atoms with Crippen molar-refractivity contribution in [1.29, 1.82) is 0 Å². The van der Waals surface area contributed by atoms with Crippen LogP contribution in [0.5, 0.6) is 5.75 Å². The molecular formula is C14H15N3O4S. The van der Waals surface area contributed by atoms with Gasteiger partial charge in [0, 0.05) is 13.0 Å². The number of ether oxygens (including phenoxy) is 2. The molecule has 8 heteroatoms. The van der Waals surface area contributed by atoms with Gasteiger partial charge in [-0.3, -0.25) is 4.79 Å². The molecule has 3 rings (SSSR count). The second-order valence-electron chi connectivity index (χ2n) is 4.75. The SMILES string of the molecule is COc1ccc2nc(NC(=O)CCN3CCOC3=O)sc2c1. The Balaban J connectivity index is 1.60. The minimum absolute atomic E-state index is 0.175. The molecule has 2 amide bonds. The van der Waals surface area contributed by atoms with Gasteiger partial charge in [0.15, 0.2) is 5.13 Å². The highest BCUT2D eigenvalue weighted by molar-refractivity contribution is 7.22. The minimum Gasteiger partial charge on any atom is -0.497 e. The molecule has 1 aromatic heterocycles. The Morgan fingerprint density at radius 1 is 1.55 bits per heavy atom. The van der Waals surface area contributed by atoms with Crippen LogP contribution in [-0.2, 0) is 9.53 Å². The average Bonchev–Trinajstić information content (AvgIpc) is 3.09. The van der Waals surface area contributed by atoms with E-state index in [1.165, 1.54) is 16.2 Å². The number of hydrogen-bond donors (Lipinski definition) is 1. The van der Waals surface area contributed by atoms with Crippen molar-refractivity contribution < 1.29 is 19.1 Å². The number of hydrogen-bond acceptors (Lipinski definition) is 6. The van der Waals surface area contributed by atoms with Gasteiger partial charge < -0.3 is 19.7 Å². The van der Waals surface area contributed by atoms with Crippen LogP contribution in [-0.4, -0.2) is 48.7 Å². The topological polar surface area (TPSA) is 80.8 Å². The van der Waals surface area contributed by atoms with Gasteiger partial charge >= 0.3 is 6.09 Å². The number of fused-ring (bicyclic) bond motifs is 1. The van der Waals surface area contributed by atoms with Crippen molar-refractivity contribution in [3.05, 3.63) is 18.2 Å². The molecule has 22 heavy (non-hydrogen) atoms. The molecule has 0 unspecified atom stereocenters. The maximum absolute atomic E-state index is 11.9. The van der Waals surface area contributed by atoms with E-state index in [2.05, 4.69) is 10.3 Å². The Labute approximate surface area is 130 Å². The fourth-order valence-corrected chi connectivity index (χ4v) is 3.04. The van der Waals surface area contributed by atoms with Crippen LogP contribution in [0.25, 0.3) is 10.2 Å². The van der Waals surface area contributed by atoms with Crippen LogP contribution in [0.4, 0.5) is 9.93 Å². The van der Waals surface area contributed by atoms with Gasteiger partial charge in [0.2, 0.25) is 5.91 Å². The normalized spacial score (nSPS) is 14.2. The van der Waals surface area contributed by atoms with Gasteiger partial charge in [-0.15, -0.1) is 0 Å². The van der Waals surface area contributed by atoms with E-state index >= 15 is 0 Å². The Kier molecular flexibility index (Phi) is 4.10. The highest BCUT2D eigenvalue weighted by Gasteiger charge is 2.22. The summed E-state index contributed by atoms with van der Waals surface area (Å²) >= 11 is 1.39. The lowest BCUT2D eigenvalue weighted by molar-refractivity contribution is -0.116. The molecule has 1 aliphatic rings. The van der Waals surface area contributed by atoms with Crippen LogP contribution >= 0.6 is 11.3 Å². The van der Waals surface area contributed by atoms with Crippen molar-refractivity contribution >= 4 is 38.7 Å². The van der Waals surface area contributed by atoms with E-state index in [4.69, 9.17) is 9.47 Å². The fourth-order valence-electron chi connectivity index (χ4n) is 2.13. The number of carbonyl (C=O) groups is 2. The lowest BCUT2D eigenvalue weighted by atomic mass is 10.3. The number of methoxy groups -OCH3 is 1. The Morgan fingerprint density at radius 2 is 2.41 bits per heavy atom. The predicted octanol–water partition coefficient (Wildman–Crippen LogP) is 2.09. The summed E-state index contributed by atoms with van der Waals surface area (Å²) in [7, 11) is 1.61.